The number of nitrogens with one attached hydrogen (secondary N) is 1. The molecule has 0 spiro atoms. The minimum Gasteiger partial charge on any atom is -0.496 e. The molecule has 2 rings (SSSR count). The van der Waals surface area contributed by atoms with Gasteiger partial charge in [0.05, 0.1) is 12.8 Å². The average Bonchev–Trinajstić information content (AvgIpc) is 2.44. The van der Waals surface area contributed by atoms with Gasteiger partial charge in [-0.05, 0) is 34.1 Å². The molecule has 1 atom stereocenters. The molecule has 1 unspecified atom stereocenters. The van der Waals surface area contributed by atoms with E-state index in [-0.39, 0.29) is 5.54 Å². The number of hydrogen-bond donors (Lipinski definition) is 1. The summed E-state index contributed by atoms with van der Waals surface area (Å²) in [5, 5.41) is 3.63. The third-order valence-corrected chi connectivity index (χ3v) is 4.70. The van der Waals surface area contributed by atoms with Crippen LogP contribution in [0.1, 0.15) is 44.0 Å². The fourth-order valence-corrected chi connectivity index (χ4v) is 3.05. The summed E-state index contributed by atoms with van der Waals surface area (Å²) in [6, 6.07) is 0.575. The van der Waals surface area contributed by atoms with Crippen LogP contribution in [0.15, 0.2) is 6.20 Å². The number of rotatable bonds is 4. The molecule has 0 amide bonds. The van der Waals surface area contributed by atoms with Crippen LogP contribution in [0.4, 0.5) is 0 Å². The maximum absolute atomic E-state index is 5.53. The molecule has 0 aliphatic carbocycles. The molecule has 0 radical (unpaired) electrons. The molecule has 1 N–H and O–H groups in total. The highest BCUT2D eigenvalue weighted by molar-refractivity contribution is 5.41. The third kappa shape index (κ3) is 3.38. The van der Waals surface area contributed by atoms with Crippen molar-refractivity contribution in [2.75, 3.05) is 20.2 Å². The van der Waals surface area contributed by atoms with Crippen molar-refractivity contribution < 1.29 is 4.74 Å². The number of aryl methyl sites for hydroxylation is 1. The molecule has 4 nitrogen and oxygen atoms in total. The van der Waals surface area contributed by atoms with Gasteiger partial charge in [-0.1, -0.05) is 6.92 Å². The summed E-state index contributed by atoms with van der Waals surface area (Å²) in [6.07, 6.45) is 3.09. The summed E-state index contributed by atoms with van der Waals surface area (Å²) in [7, 11) is 1.74. The first-order valence-electron chi connectivity index (χ1n) is 7.86. The van der Waals surface area contributed by atoms with Gasteiger partial charge in [0.25, 0.3) is 0 Å². The van der Waals surface area contributed by atoms with Crippen molar-refractivity contribution in [2.24, 2.45) is 0 Å². The average molecular weight is 291 g/mol. The predicted molar refractivity (Wildman–Crippen MR) is 86.8 cm³/mol. The van der Waals surface area contributed by atoms with E-state index in [9.17, 15) is 0 Å². The monoisotopic (exact) mass is 291 g/mol. The lowest BCUT2D eigenvalue weighted by Gasteiger charge is -2.46. The lowest BCUT2D eigenvalue weighted by molar-refractivity contribution is 0.0562. The van der Waals surface area contributed by atoms with Crippen LogP contribution in [-0.2, 0) is 6.54 Å². The van der Waals surface area contributed by atoms with E-state index in [4.69, 9.17) is 4.74 Å². The zero-order valence-corrected chi connectivity index (χ0v) is 14.3. The Morgan fingerprint density at radius 3 is 2.76 bits per heavy atom. The van der Waals surface area contributed by atoms with Gasteiger partial charge in [-0.3, -0.25) is 9.88 Å². The van der Waals surface area contributed by atoms with Crippen molar-refractivity contribution in [3.63, 3.8) is 0 Å². The Bertz CT molecular complexity index is 499. The van der Waals surface area contributed by atoms with E-state index in [1.807, 2.05) is 13.1 Å². The topological polar surface area (TPSA) is 37.4 Å². The number of hydrogen-bond acceptors (Lipinski definition) is 4. The molecule has 0 bridgehead atoms. The lowest BCUT2D eigenvalue weighted by Crippen LogP contribution is -2.61. The molecule has 1 aliphatic rings. The molecule has 1 aromatic rings. The van der Waals surface area contributed by atoms with Gasteiger partial charge in [-0.15, -0.1) is 0 Å². The summed E-state index contributed by atoms with van der Waals surface area (Å²) < 4.78 is 5.53. The predicted octanol–water partition coefficient (Wildman–Crippen LogP) is 2.67. The van der Waals surface area contributed by atoms with Crippen LogP contribution >= 0.6 is 0 Å². The zero-order valence-electron chi connectivity index (χ0n) is 14.3. The summed E-state index contributed by atoms with van der Waals surface area (Å²) in [5.74, 6) is 0.972. The van der Waals surface area contributed by atoms with Crippen LogP contribution in [0.3, 0.4) is 0 Å². The van der Waals surface area contributed by atoms with E-state index in [1.165, 1.54) is 5.56 Å². The molecule has 1 saturated heterocycles. The molecular weight excluding hydrogens is 262 g/mol. The smallest absolute Gasteiger partial charge is 0.128 e. The van der Waals surface area contributed by atoms with Gasteiger partial charge in [0.1, 0.15) is 5.75 Å². The molecule has 4 heteroatoms. The van der Waals surface area contributed by atoms with Gasteiger partial charge in [0.2, 0.25) is 0 Å². The van der Waals surface area contributed by atoms with Crippen molar-refractivity contribution >= 4 is 0 Å². The van der Waals surface area contributed by atoms with Crippen LogP contribution in [0.25, 0.3) is 0 Å². The highest BCUT2D eigenvalue weighted by atomic mass is 16.5. The minimum absolute atomic E-state index is 0.151. The van der Waals surface area contributed by atoms with E-state index in [2.05, 4.69) is 42.9 Å². The summed E-state index contributed by atoms with van der Waals surface area (Å²) in [5.41, 5.74) is 3.55. The van der Waals surface area contributed by atoms with Crippen LogP contribution < -0.4 is 10.1 Å². The van der Waals surface area contributed by atoms with Gasteiger partial charge in [0, 0.05) is 48.5 Å². The fourth-order valence-electron chi connectivity index (χ4n) is 3.05. The molecule has 1 aromatic heterocycles. The largest absolute Gasteiger partial charge is 0.496 e. The van der Waals surface area contributed by atoms with Gasteiger partial charge < -0.3 is 10.1 Å². The number of pyridine rings is 1. The van der Waals surface area contributed by atoms with Crippen molar-refractivity contribution in [3.8, 4) is 5.75 Å². The molecule has 118 valence electrons. The van der Waals surface area contributed by atoms with E-state index in [0.29, 0.717) is 6.04 Å². The van der Waals surface area contributed by atoms with Gasteiger partial charge in [-0.2, -0.15) is 0 Å². The number of ether oxygens (including phenoxy) is 1. The third-order valence-electron chi connectivity index (χ3n) is 4.70. The van der Waals surface area contributed by atoms with Crippen molar-refractivity contribution in [1.82, 2.24) is 15.2 Å². The Morgan fingerprint density at radius 1 is 1.43 bits per heavy atom. The maximum Gasteiger partial charge on any atom is 0.128 e. The number of nitrogens with zero attached hydrogens (tertiary/aromatic N) is 2. The van der Waals surface area contributed by atoms with Gasteiger partial charge in [0.15, 0.2) is 0 Å². The van der Waals surface area contributed by atoms with Crippen LogP contribution in [-0.4, -0.2) is 41.7 Å². The van der Waals surface area contributed by atoms with E-state index >= 15 is 0 Å². The van der Waals surface area contributed by atoms with E-state index in [1.54, 1.807) is 7.11 Å². The van der Waals surface area contributed by atoms with Crippen molar-refractivity contribution in [2.45, 2.75) is 59.2 Å². The normalized spacial score (nSPS) is 22.3. The summed E-state index contributed by atoms with van der Waals surface area (Å²) in [6.45, 7) is 14.0. The quantitative estimate of drug-likeness (QED) is 0.925. The lowest BCUT2D eigenvalue weighted by atomic mass is 9.95. The Kier molecular flexibility index (Phi) is 4.89. The molecule has 0 aromatic carbocycles. The van der Waals surface area contributed by atoms with Crippen LogP contribution in [0.5, 0.6) is 5.75 Å². The van der Waals surface area contributed by atoms with E-state index < -0.39 is 0 Å². The number of aromatic nitrogens is 1. The molecule has 0 saturated carbocycles. The van der Waals surface area contributed by atoms with Gasteiger partial charge in [-0.25, -0.2) is 0 Å². The summed E-state index contributed by atoms with van der Waals surface area (Å²) in [4.78, 5) is 7.20. The molecule has 2 heterocycles. The minimum atomic E-state index is 0.151. The standard InChI is InChI=1S/C17H29N3O/c1-7-14-9-20(17(4,5)11-19-14)10-15-13(3)16(21-6)12(2)8-18-15/h8,14,19H,7,9-11H2,1-6H3. The SMILES string of the molecule is CCC1CN(Cc2ncc(C)c(OC)c2C)C(C)(C)CN1. The highest BCUT2D eigenvalue weighted by Gasteiger charge is 2.33. The van der Waals surface area contributed by atoms with Crippen molar-refractivity contribution in [3.05, 3.63) is 23.0 Å². The second-order valence-corrected chi connectivity index (χ2v) is 6.73. The van der Waals surface area contributed by atoms with E-state index in [0.717, 1.165) is 43.1 Å². The van der Waals surface area contributed by atoms with Crippen LogP contribution in [0, 0.1) is 13.8 Å². The molecule has 1 fully saturated rings. The Morgan fingerprint density at radius 2 is 2.14 bits per heavy atom. The highest BCUT2D eigenvalue weighted by Crippen LogP contribution is 2.27. The molecule has 1 aliphatic heterocycles. The first-order chi connectivity index (χ1) is 9.89. The number of piperazine rings is 1. The Labute approximate surface area is 128 Å². The first-order valence-corrected chi connectivity index (χ1v) is 7.86. The first kappa shape index (κ1) is 16.2. The molecule has 21 heavy (non-hydrogen) atoms. The maximum atomic E-state index is 5.53. The fraction of sp³-hybridized carbons (Fsp3) is 0.706. The second kappa shape index (κ2) is 6.32. The Balaban J connectivity index is 2.23. The Hall–Kier alpha value is -1.13. The zero-order chi connectivity index (χ0) is 15.6. The van der Waals surface area contributed by atoms with Crippen molar-refractivity contribution in [1.29, 1.82) is 0 Å². The van der Waals surface area contributed by atoms with Gasteiger partial charge >= 0.3 is 0 Å². The van der Waals surface area contributed by atoms with Crippen LogP contribution in [0.2, 0.25) is 0 Å². The number of methoxy groups -OCH3 is 1. The second-order valence-electron chi connectivity index (χ2n) is 6.73. The molecular formula is C17H29N3O. The summed E-state index contributed by atoms with van der Waals surface area (Å²) >= 11 is 0.